The van der Waals surface area contributed by atoms with Gasteiger partial charge in [-0.25, -0.2) is 8.42 Å². The summed E-state index contributed by atoms with van der Waals surface area (Å²) in [5.41, 5.74) is 1.88. The van der Waals surface area contributed by atoms with E-state index in [1.165, 1.54) is 7.05 Å². The lowest BCUT2D eigenvalue weighted by atomic mass is 10.1. The molecule has 3 rings (SSSR count). The van der Waals surface area contributed by atoms with Gasteiger partial charge in [0.2, 0.25) is 15.9 Å². The third-order valence-corrected chi connectivity index (χ3v) is 6.70. The highest BCUT2D eigenvalue weighted by Gasteiger charge is 2.30. The quantitative estimate of drug-likeness (QED) is 0.665. The lowest BCUT2D eigenvalue weighted by Crippen LogP contribution is -2.38. The highest BCUT2D eigenvalue weighted by molar-refractivity contribution is 7.88. The average Bonchev–Trinajstić information content (AvgIpc) is 2.96. The number of carbonyl (C=O) groups is 1. The van der Waals surface area contributed by atoms with E-state index in [4.69, 9.17) is 0 Å². The third-order valence-electron chi connectivity index (χ3n) is 4.50. The van der Waals surface area contributed by atoms with Crippen molar-refractivity contribution in [2.24, 2.45) is 0 Å². The standard InChI is InChI=1S/C19H21N3O4S2/c1-4-22-15-11-10-14(12-16(15)27-19(22)24)20-18(23)17(21(2)28(3,25)26)13-8-6-5-7-9-13/h5-12,17H,4H2,1-3H3,(H,20,23). The van der Waals surface area contributed by atoms with Gasteiger partial charge in [-0.3, -0.25) is 14.2 Å². The molecule has 148 valence electrons. The molecule has 2 aromatic carbocycles. The van der Waals surface area contributed by atoms with Crippen molar-refractivity contribution in [3.63, 3.8) is 0 Å². The summed E-state index contributed by atoms with van der Waals surface area (Å²) >= 11 is 1.11. The first-order chi connectivity index (χ1) is 13.2. The predicted molar refractivity (Wildman–Crippen MR) is 112 cm³/mol. The summed E-state index contributed by atoms with van der Waals surface area (Å²) in [6.45, 7) is 2.47. The Hall–Kier alpha value is -2.49. The number of fused-ring (bicyclic) bond motifs is 1. The summed E-state index contributed by atoms with van der Waals surface area (Å²) < 4.78 is 27.6. The fraction of sp³-hybridized carbons (Fsp3) is 0.263. The van der Waals surface area contributed by atoms with E-state index in [1.807, 2.05) is 6.92 Å². The van der Waals surface area contributed by atoms with Gasteiger partial charge in [0.25, 0.3) is 0 Å². The van der Waals surface area contributed by atoms with Crippen LogP contribution in [0.15, 0.2) is 53.3 Å². The molecular weight excluding hydrogens is 398 g/mol. The van der Waals surface area contributed by atoms with Crippen LogP contribution in [0.3, 0.4) is 0 Å². The van der Waals surface area contributed by atoms with Gasteiger partial charge in [-0.15, -0.1) is 0 Å². The Morgan fingerprint density at radius 3 is 2.50 bits per heavy atom. The largest absolute Gasteiger partial charge is 0.324 e. The fourth-order valence-corrected chi connectivity index (χ4v) is 4.60. The Balaban J connectivity index is 1.96. The maximum absolute atomic E-state index is 13.0. The summed E-state index contributed by atoms with van der Waals surface area (Å²) in [4.78, 5) is 24.9. The second kappa shape index (κ2) is 7.86. The monoisotopic (exact) mass is 419 g/mol. The summed E-state index contributed by atoms with van der Waals surface area (Å²) in [7, 11) is -2.22. The van der Waals surface area contributed by atoms with Crippen LogP contribution in [0.5, 0.6) is 0 Å². The molecule has 28 heavy (non-hydrogen) atoms. The molecule has 9 heteroatoms. The van der Waals surface area contributed by atoms with Gasteiger partial charge in [-0.2, -0.15) is 4.31 Å². The molecule has 1 heterocycles. The van der Waals surface area contributed by atoms with E-state index in [1.54, 1.807) is 53.1 Å². The van der Waals surface area contributed by atoms with Crippen LogP contribution in [0.4, 0.5) is 5.69 Å². The van der Waals surface area contributed by atoms with Crippen molar-refractivity contribution in [2.75, 3.05) is 18.6 Å². The van der Waals surface area contributed by atoms with Crippen LogP contribution < -0.4 is 10.2 Å². The topological polar surface area (TPSA) is 88.5 Å². The number of hydrogen-bond donors (Lipinski definition) is 1. The van der Waals surface area contributed by atoms with E-state index < -0.39 is 22.0 Å². The molecule has 1 aromatic heterocycles. The molecule has 0 aliphatic rings. The van der Waals surface area contributed by atoms with Crippen LogP contribution >= 0.6 is 11.3 Å². The minimum absolute atomic E-state index is 0.0556. The number of anilines is 1. The number of nitrogens with zero attached hydrogens (tertiary/aromatic N) is 2. The molecule has 1 N–H and O–H groups in total. The molecule has 1 unspecified atom stereocenters. The second-order valence-corrected chi connectivity index (χ2v) is 9.41. The number of amides is 1. The van der Waals surface area contributed by atoms with Gasteiger partial charge in [-0.1, -0.05) is 41.7 Å². The molecule has 0 aliphatic carbocycles. The first kappa shape index (κ1) is 20.2. The van der Waals surface area contributed by atoms with Crippen LogP contribution in [-0.4, -0.2) is 36.5 Å². The number of rotatable bonds is 6. The normalized spacial score (nSPS) is 13.0. The van der Waals surface area contributed by atoms with E-state index in [0.29, 0.717) is 17.8 Å². The molecular formula is C19H21N3O4S2. The van der Waals surface area contributed by atoms with Crippen molar-refractivity contribution in [2.45, 2.75) is 19.5 Å². The first-order valence-corrected chi connectivity index (χ1v) is 11.3. The molecule has 1 atom stereocenters. The number of sulfonamides is 1. The number of aryl methyl sites for hydroxylation is 1. The molecule has 0 bridgehead atoms. The molecule has 0 aliphatic heterocycles. The summed E-state index contributed by atoms with van der Waals surface area (Å²) in [5.74, 6) is -0.472. The maximum Gasteiger partial charge on any atom is 0.308 e. The molecule has 0 fully saturated rings. The van der Waals surface area contributed by atoms with Crippen LogP contribution in [0.25, 0.3) is 10.2 Å². The third kappa shape index (κ3) is 4.01. The Labute approximate surface area is 167 Å². The zero-order chi connectivity index (χ0) is 20.5. The average molecular weight is 420 g/mol. The van der Waals surface area contributed by atoms with Gasteiger partial charge in [0, 0.05) is 19.3 Å². The summed E-state index contributed by atoms with van der Waals surface area (Å²) in [5, 5.41) is 2.78. The van der Waals surface area contributed by atoms with Gasteiger partial charge in [-0.05, 0) is 30.7 Å². The number of carbonyl (C=O) groups excluding carboxylic acids is 1. The molecule has 3 aromatic rings. The van der Waals surface area contributed by atoms with E-state index in [-0.39, 0.29) is 4.87 Å². The van der Waals surface area contributed by atoms with Gasteiger partial charge in [0.05, 0.1) is 16.5 Å². The minimum atomic E-state index is -3.60. The maximum atomic E-state index is 13.0. The number of benzene rings is 2. The van der Waals surface area contributed by atoms with Gasteiger partial charge < -0.3 is 5.32 Å². The number of hydrogen-bond acceptors (Lipinski definition) is 5. The zero-order valence-corrected chi connectivity index (χ0v) is 17.4. The van der Waals surface area contributed by atoms with Gasteiger partial charge in [0.1, 0.15) is 6.04 Å². The van der Waals surface area contributed by atoms with Gasteiger partial charge >= 0.3 is 4.87 Å². The van der Waals surface area contributed by atoms with Crippen molar-refractivity contribution in [1.82, 2.24) is 8.87 Å². The smallest absolute Gasteiger partial charge is 0.308 e. The molecule has 7 nitrogen and oxygen atoms in total. The van der Waals surface area contributed by atoms with Crippen LogP contribution in [-0.2, 0) is 21.4 Å². The van der Waals surface area contributed by atoms with Crippen molar-refractivity contribution in [3.05, 3.63) is 63.8 Å². The highest BCUT2D eigenvalue weighted by atomic mass is 32.2. The number of aromatic nitrogens is 1. The predicted octanol–water partition coefficient (Wildman–Crippen LogP) is 2.65. The molecule has 0 radical (unpaired) electrons. The Morgan fingerprint density at radius 1 is 1.21 bits per heavy atom. The van der Waals surface area contributed by atoms with Crippen molar-refractivity contribution < 1.29 is 13.2 Å². The van der Waals surface area contributed by atoms with Crippen molar-refractivity contribution in [3.8, 4) is 0 Å². The van der Waals surface area contributed by atoms with E-state index in [0.717, 1.165) is 32.1 Å². The summed E-state index contributed by atoms with van der Waals surface area (Å²) in [6, 6.07) is 12.9. The molecule has 0 saturated heterocycles. The molecule has 0 saturated carbocycles. The van der Waals surface area contributed by atoms with Crippen molar-refractivity contribution in [1.29, 1.82) is 0 Å². The van der Waals surface area contributed by atoms with Crippen LogP contribution in [0, 0.1) is 0 Å². The van der Waals surface area contributed by atoms with E-state index in [9.17, 15) is 18.0 Å². The number of thiazole rings is 1. The lowest BCUT2D eigenvalue weighted by Gasteiger charge is -2.25. The Bertz CT molecular complexity index is 1170. The number of nitrogens with one attached hydrogen (secondary N) is 1. The Morgan fingerprint density at radius 2 is 1.89 bits per heavy atom. The summed E-state index contributed by atoms with van der Waals surface area (Å²) in [6.07, 6.45) is 1.06. The van der Waals surface area contributed by atoms with Crippen LogP contribution in [0.2, 0.25) is 0 Å². The number of likely N-dealkylation sites (N-methyl/N-ethyl adjacent to an activating group) is 1. The highest BCUT2D eigenvalue weighted by Crippen LogP contribution is 2.26. The molecule has 0 spiro atoms. The lowest BCUT2D eigenvalue weighted by molar-refractivity contribution is -0.119. The molecule has 1 amide bonds. The SMILES string of the molecule is CCn1c(=O)sc2cc(NC(=O)C(c3ccccc3)N(C)S(C)(=O)=O)ccc21. The van der Waals surface area contributed by atoms with E-state index in [2.05, 4.69) is 5.32 Å². The zero-order valence-electron chi connectivity index (χ0n) is 15.7. The Kier molecular flexibility index (Phi) is 5.69. The van der Waals surface area contributed by atoms with E-state index >= 15 is 0 Å². The minimum Gasteiger partial charge on any atom is -0.324 e. The van der Waals surface area contributed by atoms with Gasteiger partial charge in [0.15, 0.2) is 0 Å². The van der Waals surface area contributed by atoms with Crippen LogP contribution in [0.1, 0.15) is 18.5 Å². The first-order valence-electron chi connectivity index (χ1n) is 8.64. The van der Waals surface area contributed by atoms with Crippen molar-refractivity contribution >= 4 is 43.2 Å². The second-order valence-electron chi connectivity index (χ2n) is 6.38. The fourth-order valence-electron chi connectivity index (χ4n) is 3.01.